The van der Waals surface area contributed by atoms with Crippen LogP contribution in [0.3, 0.4) is 0 Å². The summed E-state index contributed by atoms with van der Waals surface area (Å²) >= 11 is 0. The molecule has 0 saturated heterocycles. The van der Waals surface area contributed by atoms with Crippen LogP contribution in [-0.2, 0) is 6.42 Å². The van der Waals surface area contributed by atoms with Gasteiger partial charge in [-0.2, -0.15) is 0 Å². The van der Waals surface area contributed by atoms with Crippen molar-refractivity contribution in [3.63, 3.8) is 0 Å². The maximum absolute atomic E-state index is 12.6. The standard InChI is InChI=1S/C28H30N2O4/c1-33-25-15-7-8-16-26(25)34-19-17-29-22(20-21-10-3-2-4-11-21)12-9-18-30-27(31)23-13-5-6-14-24(23)28(30)32/h2-8,10-11,13-16,22,29H,9,12,17-20H2,1H3. The van der Waals surface area contributed by atoms with Crippen LogP contribution in [0.4, 0.5) is 0 Å². The molecule has 1 heterocycles. The Balaban J connectivity index is 1.31. The van der Waals surface area contributed by atoms with Crippen LogP contribution in [0.15, 0.2) is 78.9 Å². The zero-order chi connectivity index (χ0) is 23.8. The van der Waals surface area contributed by atoms with E-state index in [2.05, 4.69) is 17.4 Å². The van der Waals surface area contributed by atoms with Crippen LogP contribution in [0.25, 0.3) is 0 Å². The molecule has 1 atom stereocenters. The molecule has 176 valence electrons. The molecule has 3 aromatic carbocycles. The minimum absolute atomic E-state index is 0.193. The van der Waals surface area contributed by atoms with Gasteiger partial charge >= 0.3 is 0 Å². The van der Waals surface area contributed by atoms with Crippen LogP contribution in [0, 0.1) is 0 Å². The van der Waals surface area contributed by atoms with E-state index < -0.39 is 0 Å². The van der Waals surface area contributed by atoms with Gasteiger partial charge in [-0.3, -0.25) is 14.5 Å². The number of imide groups is 1. The first-order valence-corrected chi connectivity index (χ1v) is 11.7. The molecule has 3 aromatic rings. The third-order valence-corrected chi connectivity index (χ3v) is 6.00. The lowest BCUT2D eigenvalue weighted by Gasteiger charge is -2.21. The minimum atomic E-state index is -0.196. The van der Waals surface area contributed by atoms with Crippen LogP contribution in [-0.4, -0.2) is 49.6 Å². The zero-order valence-corrected chi connectivity index (χ0v) is 19.4. The Labute approximate surface area is 200 Å². The van der Waals surface area contributed by atoms with Crippen molar-refractivity contribution in [1.29, 1.82) is 0 Å². The smallest absolute Gasteiger partial charge is 0.261 e. The summed E-state index contributed by atoms with van der Waals surface area (Å²) in [6.07, 6.45) is 2.41. The van der Waals surface area contributed by atoms with Crippen molar-refractivity contribution in [3.05, 3.63) is 95.6 Å². The fourth-order valence-electron chi connectivity index (χ4n) is 4.28. The van der Waals surface area contributed by atoms with E-state index in [9.17, 15) is 9.59 Å². The largest absolute Gasteiger partial charge is 0.493 e. The highest BCUT2D eigenvalue weighted by Gasteiger charge is 2.34. The summed E-state index contributed by atoms with van der Waals surface area (Å²) in [6.45, 7) is 1.59. The van der Waals surface area contributed by atoms with E-state index in [0.717, 1.165) is 25.0 Å². The quantitative estimate of drug-likeness (QED) is 0.323. The minimum Gasteiger partial charge on any atom is -0.493 e. The van der Waals surface area contributed by atoms with Gasteiger partial charge in [0.2, 0.25) is 0 Å². The van der Waals surface area contributed by atoms with E-state index >= 15 is 0 Å². The molecular formula is C28H30N2O4. The highest BCUT2D eigenvalue weighted by molar-refractivity contribution is 6.21. The molecule has 0 spiro atoms. The molecule has 0 aliphatic carbocycles. The Morgan fingerprint density at radius 2 is 1.44 bits per heavy atom. The number of methoxy groups -OCH3 is 1. The first-order valence-electron chi connectivity index (χ1n) is 11.7. The average Bonchev–Trinajstić information content (AvgIpc) is 3.12. The van der Waals surface area contributed by atoms with E-state index in [1.54, 1.807) is 31.4 Å². The van der Waals surface area contributed by atoms with E-state index in [0.29, 0.717) is 36.6 Å². The summed E-state index contributed by atoms with van der Waals surface area (Å²) in [5, 5.41) is 3.59. The van der Waals surface area contributed by atoms with Gasteiger partial charge in [0, 0.05) is 19.1 Å². The van der Waals surface area contributed by atoms with Crippen molar-refractivity contribution in [2.75, 3.05) is 26.8 Å². The third kappa shape index (κ3) is 5.64. The predicted octanol–water partition coefficient (Wildman–Crippen LogP) is 4.35. The number of ether oxygens (including phenoxy) is 2. The van der Waals surface area contributed by atoms with Crippen LogP contribution < -0.4 is 14.8 Å². The Morgan fingerprint density at radius 1 is 0.824 bits per heavy atom. The lowest BCUT2D eigenvalue weighted by molar-refractivity contribution is 0.0650. The van der Waals surface area contributed by atoms with Crippen LogP contribution >= 0.6 is 0 Å². The van der Waals surface area contributed by atoms with Gasteiger partial charge < -0.3 is 14.8 Å². The van der Waals surface area contributed by atoms with Crippen LogP contribution in [0.2, 0.25) is 0 Å². The van der Waals surface area contributed by atoms with Crippen molar-refractivity contribution in [2.45, 2.75) is 25.3 Å². The predicted molar refractivity (Wildman–Crippen MR) is 131 cm³/mol. The molecule has 1 unspecified atom stereocenters. The maximum atomic E-state index is 12.6. The number of rotatable bonds is 12. The van der Waals surface area contributed by atoms with E-state index in [-0.39, 0.29) is 17.9 Å². The monoisotopic (exact) mass is 458 g/mol. The Bertz CT molecular complexity index is 1080. The van der Waals surface area contributed by atoms with Crippen LogP contribution in [0.5, 0.6) is 11.5 Å². The second kappa shape index (κ2) is 11.5. The molecule has 1 aliphatic heterocycles. The van der Waals surface area contributed by atoms with E-state index in [1.165, 1.54) is 10.5 Å². The Hall–Kier alpha value is -3.64. The van der Waals surface area contributed by atoms with Crippen molar-refractivity contribution in [1.82, 2.24) is 10.2 Å². The van der Waals surface area contributed by atoms with Crippen LogP contribution in [0.1, 0.15) is 39.1 Å². The number of carbonyl (C=O) groups excluding carboxylic acids is 2. The summed E-state index contributed by atoms with van der Waals surface area (Å²) in [5.41, 5.74) is 2.24. The molecule has 1 aliphatic rings. The second-order valence-corrected chi connectivity index (χ2v) is 8.29. The molecule has 0 bridgehead atoms. The number of nitrogens with one attached hydrogen (secondary N) is 1. The number of carbonyl (C=O) groups is 2. The number of hydrogen-bond acceptors (Lipinski definition) is 5. The molecule has 0 fully saturated rings. The number of amides is 2. The average molecular weight is 459 g/mol. The molecule has 2 amide bonds. The molecule has 0 saturated carbocycles. The van der Waals surface area contributed by atoms with Gasteiger partial charge in [0.05, 0.1) is 18.2 Å². The SMILES string of the molecule is COc1ccccc1OCCNC(CCCN1C(=O)c2ccccc2C1=O)Cc1ccccc1. The maximum Gasteiger partial charge on any atom is 0.261 e. The first-order chi connectivity index (χ1) is 16.7. The fraction of sp³-hybridized carbons (Fsp3) is 0.286. The molecule has 6 heteroatoms. The number of fused-ring (bicyclic) bond motifs is 1. The fourth-order valence-corrected chi connectivity index (χ4v) is 4.28. The molecular weight excluding hydrogens is 428 g/mol. The summed E-state index contributed by atoms with van der Waals surface area (Å²) in [7, 11) is 1.63. The molecule has 0 aromatic heterocycles. The third-order valence-electron chi connectivity index (χ3n) is 6.00. The highest BCUT2D eigenvalue weighted by atomic mass is 16.5. The van der Waals surface area contributed by atoms with Crippen molar-refractivity contribution >= 4 is 11.8 Å². The Morgan fingerprint density at radius 3 is 2.12 bits per heavy atom. The first kappa shape index (κ1) is 23.5. The van der Waals surface area contributed by atoms with Crippen molar-refractivity contribution < 1.29 is 19.1 Å². The summed E-state index contributed by atoms with van der Waals surface area (Å²) < 4.78 is 11.2. The normalized spacial score (nSPS) is 13.6. The van der Waals surface area contributed by atoms with Crippen molar-refractivity contribution in [2.24, 2.45) is 0 Å². The van der Waals surface area contributed by atoms with E-state index in [4.69, 9.17) is 9.47 Å². The summed E-state index contributed by atoms with van der Waals surface area (Å²) in [6, 6.07) is 25.1. The van der Waals surface area contributed by atoms with Gasteiger partial charge in [-0.15, -0.1) is 0 Å². The lowest BCUT2D eigenvalue weighted by atomic mass is 10.0. The number of nitrogens with zero attached hydrogens (tertiary/aromatic N) is 1. The van der Waals surface area contributed by atoms with E-state index in [1.807, 2.05) is 42.5 Å². The lowest BCUT2D eigenvalue weighted by Crippen LogP contribution is -2.36. The topological polar surface area (TPSA) is 67.9 Å². The molecule has 1 N–H and O–H groups in total. The summed E-state index contributed by atoms with van der Waals surface area (Å²) in [5.74, 6) is 1.04. The number of benzene rings is 3. The van der Waals surface area contributed by atoms with Gasteiger partial charge in [-0.25, -0.2) is 0 Å². The van der Waals surface area contributed by atoms with Gasteiger partial charge in [-0.05, 0) is 49.1 Å². The molecule has 34 heavy (non-hydrogen) atoms. The second-order valence-electron chi connectivity index (χ2n) is 8.29. The molecule has 0 radical (unpaired) electrons. The number of para-hydroxylation sites is 2. The van der Waals surface area contributed by atoms with Crippen molar-refractivity contribution in [3.8, 4) is 11.5 Å². The number of hydrogen-bond donors (Lipinski definition) is 1. The van der Waals surface area contributed by atoms with Gasteiger partial charge in [-0.1, -0.05) is 54.6 Å². The zero-order valence-electron chi connectivity index (χ0n) is 19.4. The molecule has 4 rings (SSSR count). The van der Waals surface area contributed by atoms with Gasteiger partial charge in [0.25, 0.3) is 11.8 Å². The molecule has 6 nitrogen and oxygen atoms in total. The Kier molecular flexibility index (Phi) is 7.94. The highest BCUT2D eigenvalue weighted by Crippen LogP contribution is 2.25. The van der Waals surface area contributed by atoms with Gasteiger partial charge in [0.15, 0.2) is 11.5 Å². The van der Waals surface area contributed by atoms with Gasteiger partial charge in [0.1, 0.15) is 6.61 Å². The summed E-state index contributed by atoms with van der Waals surface area (Å²) in [4.78, 5) is 26.6.